The zero-order chi connectivity index (χ0) is 19.4. The lowest BCUT2D eigenvalue weighted by Crippen LogP contribution is -2.16. The number of nitrogens with zero attached hydrogens (tertiary/aromatic N) is 1. The molecule has 0 aliphatic rings. The number of carbonyl (C=O) groups is 2. The highest BCUT2D eigenvalue weighted by atomic mass is 32.2. The van der Waals surface area contributed by atoms with Crippen molar-refractivity contribution in [3.8, 4) is 11.1 Å². The van der Waals surface area contributed by atoms with Crippen LogP contribution in [0.4, 0.5) is 10.5 Å². The highest BCUT2D eigenvalue weighted by Crippen LogP contribution is 2.30. The Morgan fingerprint density at radius 1 is 0.963 bits per heavy atom. The number of thioether (sulfide) groups is 1. The van der Waals surface area contributed by atoms with Crippen molar-refractivity contribution >= 4 is 39.9 Å². The number of aryl methyl sites for hydroxylation is 1. The van der Waals surface area contributed by atoms with E-state index in [0.29, 0.717) is 10.6 Å². The van der Waals surface area contributed by atoms with Gasteiger partial charge in [0.2, 0.25) is 0 Å². The molecule has 0 fully saturated rings. The molecule has 1 N–H and O–H groups in total. The maximum atomic E-state index is 12.7. The van der Waals surface area contributed by atoms with Crippen molar-refractivity contribution in [3.05, 3.63) is 70.4 Å². The summed E-state index contributed by atoms with van der Waals surface area (Å²) in [5, 5.41) is 4.83. The molecule has 0 radical (unpaired) electrons. The van der Waals surface area contributed by atoms with Crippen LogP contribution in [-0.2, 0) is 0 Å². The normalized spacial score (nSPS) is 10.5. The summed E-state index contributed by atoms with van der Waals surface area (Å²) in [5.41, 5.74) is 3.85. The van der Waals surface area contributed by atoms with Crippen molar-refractivity contribution in [2.24, 2.45) is 0 Å². The van der Waals surface area contributed by atoms with Crippen LogP contribution < -0.4 is 5.32 Å². The Kier molecular flexibility index (Phi) is 5.98. The van der Waals surface area contributed by atoms with E-state index in [4.69, 9.17) is 0 Å². The third-order valence-corrected chi connectivity index (χ3v) is 5.88. The van der Waals surface area contributed by atoms with Crippen LogP contribution in [0.25, 0.3) is 11.1 Å². The Bertz CT molecular complexity index is 945. The van der Waals surface area contributed by atoms with Gasteiger partial charge in [-0.05, 0) is 60.0 Å². The van der Waals surface area contributed by atoms with E-state index in [1.807, 2.05) is 66.9 Å². The molecule has 1 heterocycles. The zero-order valence-corrected chi connectivity index (χ0v) is 17.0. The minimum Gasteiger partial charge on any atom is -0.339 e. The van der Waals surface area contributed by atoms with Gasteiger partial charge in [-0.2, -0.15) is 0 Å². The molecule has 0 unspecified atom stereocenters. The monoisotopic (exact) mass is 396 g/mol. The Morgan fingerprint density at radius 3 is 2.26 bits per heavy atom. The number of anilines is 1. The summed E-state index contributed by atoms with van der Waals surface area (Å²) in [6.45, 7) is 2.04. The molecule has 27 heavy (non-hydrogen) atoms. The number of carbonyl (C=O) groups excluding carboxylic acids is 2. The molecule has 3 aromatic rings. The molecule has 0 saturated carbocycles. The second-order valence-electron chi connectivity index (χ2n) is 6.27. The second-order valence-corrected chi connectivity index (χ2v) is 8.21. The maximum Gasteiger partial charge on any atom is 0.285 e. The van der Waals surface area contributed by atoms with E-state index < -0.39 is 0 Å². The minimum absolute atomic E-state index is 0.0342. The second kappa shape index (κ2) is 8.41. The van der Waals surface area contributed by atoms with Gasteiger partial charge in [0.15, 0.2) is 0 Å². The van der Waals surface area contributed by atoms with E-state index in [1.165, 1.54) is 21.8 Å². The lowest BCUT2D eigenvalue weighted by atomic mass is 10.0. The summed E-state index contributed by atoms with van der Waals surface area (Å²) in [7, 11) is 3.44. The Labute approximate surface area is 167 Å². The van der Waals surface area contributed by atoms with Gasteiger partial charge in [-0.1, -0.05) is 29.8 Å². The van der Waals surface area contributed by atoms with E-state index in [-0.39, 0.29) is 11.1 Å². The predicted molar refractivity (Wildman–Crippen MR) is 114 cm³/mol. The van der Waals surface area contributed by atoms with Gasteiger partial charge in [-0.15, -0.1) is 11.3 Å². The van der Waals surface area contributed by atoms with Crippen molar-refractivity contribution in [1.82, 2.24) is 4.90 Å². The third-order valence-electron chi connectivity index (χ3n) is 3.92. The summed E-state index contributed by atoms with van der Waals surface area (Å²) in [6.07, 6.45) is 0. The number of benzene rings is 2. The molecule has 0 aliphatic heterocycles. The van der Waals surface area contributed by atoms with Crippen LogP contribution in [0.3, 0.4) is 0 Å². The largest absolute Gasteiger partial charge is 0.339 e. The number of hydrogen-bond donors (Lipinski definition) is 1. The number of rotatable bonds is 4. The fourth-order valence-electron chi connectivity index (χ4n) is 2.43. The highest BCUT2D eigenvalue weighted by Gasteiger charge is 2.15. The first-order valence-electron chi connectivity index (χ1n) is 8.39. The molecular formula is C21H20N2O2S2. The summed E-state index contributed by atoms with van der Waals surface area (Å²) in [4.78, 5) is 27.5. The summed E-state index contributed by atoms with van der Waals surface area (Å²) in [6, 6.07) is 17.4. The van der Waals surface area contributed by atoms with Gasteiger partial charge in [0.1, 0.15) is 0 Å². The lowest BCUT2D eigenvalue weighted by Gasteiger charge is -2.10. The van der Waals surface area contributed by atoms with E-state index >= 15 is 0 Å². The third kappa shape index (κ3) is 4.78. The first-order valence-corrected chi connectivity index (χ1v) is 10.1. The van der Waals surface area contributed by atoms with Gasteiger partial charge in [-0.3, -0.25) is 9.59 Å². The molecule has 0 bridgehead atoms. The van der Waals surface area contributed by atoms with Crippen molar-refractivity contribution < 1.29 is 9.59 Å². The van der Waals surface area contributed by atoms with Crippen molar-refractivity contribution in [1.29, 1.82) is 0 Å². The van der Waals surface area contributed by atoms with Crippen LogP contribution in [0.5, 0.6) is 0 Å². The minimum atomic E-state index is -0.134. The zero-order valence-electron chi connectivity index (χ0n) is 15.4. The van der Waals surface area contributed by atoms with Crippen LogP contribution in [0.15, 0.2) is 64.9 Å². The molecule has 2 amide bonds. The first kappa shape index (κ1) is 19.2. The van der Waals surface area contributed by atoms with Crippen LogP contribution in [0.1, 0.15) is 15.2 Å². The molecule has 0 atom stereocenters. The molecule has 0 spiro atoms. The van der Waals surface area contributed by atoms with Crippen LogP contribution in [0.2, 0.25) is 0 Å². The van der Waals surface area contributed by atoms with E-state index in [9.17, 15) is 9.59 Å². The molecule has 1 aromatic heterocycles. The van der Waals surface area contributed by atoms with Crippen LogP contribution in [-0.4, -0.2) is 30.1 Å². The molecule has 3 rings (SSSR count). The molecular weight excluding hydrogens is 376 g/mol. The maximum absolute atomic E-state index is 12.7. The predicted octanol–water partition coefficient (Wildman–Crippen LogP) is 5.75. The average molecular weight is 397 g/mol. The van der Waals surface area contributed by atoms with Gasteiger partial charge < -0.3 is 10.2 Å². The number of thiophene rings is 1. The van der Waals surface area contributed by atoms with Gasteiger partial charge in [-0.25, -0.2) is 0 Å². The molecule has 0 aliphatic carbocycles. The van der Waals surface area contributed by atoms with Gasteiger partial charge >= 0.3 is 0 Å². The molecule has 2 aromatic carbocycles. The lowest BCUT2D eigenvalue weighted by molar-refractivity contribution is 0.103. The Hall–Kier alpha value is -2.57. The van der Waals surface area contributed by atoms with Gasteiger partial charge in [0.05, 0.1) is 4.88 Å². The molecule has 0 saturated heterocycles. The van der Waals surface area contributed by atoms with Crippen LogP contribution in [0, 0.1) is 6.92 Å². The van der Waals surface area contributed by atoms with Gasteiger partial charge in [0.25, 0.3) is 11.1 Å². The van der Waals surface area contributed by atoms with Crippen molar-refractivity contribution in [2.75, 3.05) is 19.4 Å². The molecule has 6 heteroatoms. The van der Waals surface area contributed by atoms with E-state index in [0.717, 1.165) is 27.8 Å². The number of hydrogen-bond acceptors (Lipinski definition) is 4. The topological polar surface area (TPSA) is 49.4 Å². The fraction of sp³-hybridized carbons (Fsp3) is 0.143. The van der Waals surface area contributed by atoms with Crippen molar-refractivity contribution in [3.63, 3.8) is 0 Å². The van der Waals surface area contributed by atoms with Gasteiger partial charge in [0, 0.05) is 30.2 Å². The summed E-state index contributed by atoms with van der Waals surface area (Å²) < 4.78 is 0. The Balaban J connectivity index is 1.72. The van der Waals surface area contributed by atoms with E-state index in [2.05, 4.69) is 5.32 Å². The summed E-state index contributed by atoms with van der Waals surface area (Å²) in [5.74, 6) is -0.134. The SMILES string of the molecule is Cc1ccc(-c2ccsc2C(=O)Nc2ccc(SC(=O)N(C)C)cc2)cc1. The quantitative estimate of drug-likeness (QED) is 0.571. The average Bonchev–Trinajstić information content (AvgIpc) is 3.13. The first-order chi connectivity index (χ1) is 12.9. The number of amides is 2. The van der Waals surface area contributed by atoms with Crippen molar-refractivity contribution in [2.45, 2.75) is 11.8 Å². The Morgan fingerprint density at radius 2 is 1.63 bits per heavy atom. The molecule has 138 valence electrons. The fourth-order valence-corrected chi connectivity index (χ4v) is 3.90. The number of nitrogens with one attached hydrogen (secondary N) is 1. The molecule has 4 nitrogen and oxygen atoms in total. The standard InChI is InChI=1S/C21H20N2O2S2/c1-14-4-6-15(7-5-14)18-12-13-26-19(18)20(24)22-16-8-10-17(11-9-16)27-21(25)23(2)3/h4-13H,1-3H3,(H,22,24). The van der Waals surface area contributed by atoms with E-state index in [1.54, 1.807) is 14.1 Å². The summed E-state index contributed by atoms with van der Waals surface area (Å²) >= 11 is 2.58. The van der Waals surface area contributed by atoms with Crippen LogP contribution >= 0.6 is 23.1 Å². The highest BCUT2D eigenvalue weighted by molar-refractivity contribution is 8.13. The smallest absolute Gasteiger partial charge is 0.285 e.